The van der Waals surface area contributed by atoms with Crippen molar-refractivity contribution in [2.24, 2.45) is 0 Å². The van der Waals surface area contributed by atoms with Gasteiger partial charge in [0.05, 0.1) is 6.54 Å². The Morgan fingerprint density at radius 3 is 2.20 bits per heavy atom. The zero-order valence-corrected chi connectivity index (χ0v) is 27.1. The molecule has 1 saturated heterocycles. The van der Waals surface area contributed by atoms with E-state index in [2.05, 4.69) is 24.3 Å². The smallest absolute Gasteiger partial charge is 0.410 e. The number of carboxylic acids is 1. The van der Waals surface area contributed by atoms with E-state index >= 15 is 0 Å². The summed E-state index contributed by atoms with van der Waals surface area (Å²) in [6.07, 6.45) is 5.40. The molecule has 2 fully saturated rings. The molecule has 1 spiro atoms. The van der Waals surface area contributed by atoms with Crippen molar-refractivity contribution in [2.45, 2.75) is 95.4 Å². The number of ether oxygens (including phenoxy) is 2. The van der Waals surface area contributed by atoms with Crippen LogP contribution in [0.15, 0.2) is 60.7 Å². The first-order chi connectivity index (χ1) is 21.5. The molecule has 1 atom stereocenters. The second-order valence-electron chi connectivity index (χ2n) is 13.6. The average Bonchev–Trinajstić information content (AvgIpc) is 3.61. The quantitative estimate of drug-likeness (QED) is 0.294. The highest BCUT2D eigenvalue weighted by atomic mass is 32.1. The van der Waals surface area contributed by atoms with Crippen molar-refractivity contribution in [3.8, 4) is 11.1 Å². The minimum absolute atomic E-state index is 0.0674. The second kappa shape index (κ2) is 12.5. The van der Waals surface area contributed by atoms with Crippen molar-refractivity contribution >= 4 is 29.5 Å². The zero-order chi connectivity index (χ0) is 31.8. The number of carboxylic acid groups (broad SMARTS) is 1. The number of piperidine rings is 1. The van der Waals surface area contributed by atoms with E-state index in [1.165, 1.54) is 22.5 Å². The Balaban J connectivity index is 1.26. The molecule has 1 aliphatic heterocycles. The van der Waals surface area contributed by atoms with Gasteiger partial charge in [0.2, 0.25) is 0 Å². The fourth-order valence-corrected chi connectivity index (χ4v) is 8.33. The number of likely N-dealkylation sites (tertiary alicyclic amines) is 1. The van der Waals surface area contributed by atoms with Crippen LogP contribution in [0, 0.1) is 0 Å². The monoisotopic (exact) mass is 630 g/mol. The lowest BCUT2D eigenvalue weighted by molar-refractivity contribution is -0.0458. The van der Waals surface area contributed by atoms with Crippen molar-refractivity contribution in [2.75, 3.05) is 13.2 Å². The van der Waals surface area contributed by atoms with Crippen LogP contribution in [0.3, 0.4) is 0 Å². The van der Waals surface area contributed by atoms with Gasteiger partial charge in [-0.3, -0.25) is 4.90 Å². The summed E-state index contributed by atoms with van der Waals surface area (Å²) in [6, 6.07) is 19.7. The standard InChI is InChI=1S/C36H42N2O6S/c1-35(2,3)44-34(42)38-20-17-24(21-36(38)18-9-4-10-19-36)37(22-25-15-16-31(45-25)32(39)40)33(41)43-23-30-28-13-7-5-11-26(28)27-12-6-8-14-29(27)30/h5-8,11-16,24,30H,4,9-10,17-23H2,1-3H3,(H,39,40). The van der Waals surface area contributed by atoms with Crippen LogP contribution >= 0.6 is 11.3 Å². The molecule has 1 saturated carbocycles. The second-order valence-corrected chi connectivity index (χ2v) is 14.7. The predicted molar refractivity (Wildman–Crippen MR) is 174 cm³/mol. The number of nitrogens with zero attached hydrogens (tertiary/aromatic N) is 2. The number of thiophene rings is 1. The number of amides is 2. The van der Waals surface area contributed by atoms with Crippen LogP contribution in [-0.2, 0) is 16.0 Å². The van der Waals surface area contributed by atoms with Gasteiger partial charge in [-0.1, -0.05) is 67.8 Å². The Labute approximate surface area is 268 Å². The van der Waals surface area contributed by atoms with E-state index < -0.39 is 23.2 Å². The summed E-state index contributed by atoms with van der Waals surface area (Å²) in [6.45, 7) is 6.60. The van der Waals surface area contributed by atoms with E-state index in [1.807, 2.05) is 49.9 Å². The topological polar surface area (TPSA) is 96.4 Å². The number of carbonyl (C=O) groups is 3. The number of aromatic carboxylic acids is 1. The van der Waals surface area contributed by atoms with Crippen LogP contribution in [-0.4, -0.2) is 63.4 Å². The van der Waals surface area contributed by atoms with Gasteiger partial charge in [-0.2, -0.15) is 0 Å². The maximum absolute atomic E-state index is 14.1. The fraction of sp³-hybridized carbons (Fsp3) is 0.472. The fourth-order valence-electron chi connectivity index (χ4n) is 7.48. The molecule has 1 unspecified atom stereocenters. The molecule has 1 aromatic heterocycles. The molecule has 2 aliphatic carbocycles. The van der Waals surface area contributed by atoms with E-state index in [0.29, 0.717) is 19.4 Å². The van der Waals surface area contributed by atoms with Gasteiger partial charge >= 0.3 is 18.2 Å². The lowest BCUT2D eigenvalue weighted by Crippen LogP contribution is -2.62. The maximum Gasteiger partial charge on any atom is 0.410 e. The molecule has 6 rings (SSSR count). The third kappa shape index (κ3) is 6.45. The van der Waals surface area contributed by atoms with E-state index in [4.69, 9.17) is 9.47 Å². The predicted octanol–water partition coefficient (Wildman–Crippen LogP) is 8.30. The molecular weight excluding hydrogens is 588 g/mol. The first kappa shape index (κ1) is 31.1. The minimum Gasteiger partial charge on any atom is -0.477 e. The summed E-state index contributed by atoms with van der Waals surface area (Å²) >= 11 is 1.18. The number of fused-ring (bicyclic) bond motifs is 3. The Kier molecular flexibility index (Phi) is 8.66. The van der Waals surface area contributed by atoms with Crippen LogP contribution in [0.5, 0.6) is 0 Å². The molecule has 8 nitrogen and oxygen atoms in total. The SMILES string of the molecule is CC(C)(C)OC(=O)N1CCC(N(Cc2ccc(C(=O)O)s2)C(=O)OCC2c3ccccc3-c3ccccc32)CC12CCCCC2. The normalized spacial score (nSPS) is 19.1. The molecule has 3 aliphatic rings. The maximum atomic E-state index is 14.1. The van der Waals surface area contributed by atoms with Crippen LogP contribution < -0.4 is 0 Å². The van der Waals surface area contributed by atoms with Crippen molar-refractivity contribution < 1.29 is 29.0 Å². The zero-order valence-electron chi connectivity index (χ0n) is 26.3. The van der Waals surface area contributed by atoms with E-state index in [-0.39, 0.29) is 36.1 Å². The number of rotatable bonds is 6. The third-order valence-corrected chi connectivity index (χ3v) is 10.5. The van der Waals surface area contributed by atoms with Gasteiger partial charge in [0.15, 0.2) is 0 Å². The highest BCUT2D eigenvalue weighted by Crippen LogP contribution is 2.46. The summed E-state index contributed by atoms with van der Waals surface area (Å²) in [5.74, 6) is -1.05. The third-order valence-electron chi connectivity index (χ3n) is 9.48. The molecule has 2 heterocycles. The highest BCUT2D eigenvalue weighted by Gasteiger charge is 2.48. The van der Waals surface area contributed by atoms with Crippen molar-refractivity contribution in [3.05, 3.63) is 81.5 Å². The van der Waals surface area contributed by atoms with Gasteiger partial charge in [-0.05, 0) is 80.8 Å². The van der Waals surface area contributed by atoms with E-state index in [9.17, 15) is 19.5 Å². The molecule has 9 heteroatoms. The first-order valence-corrected chi connectivity index (χ1v) is 16.8. The van der Waals surface area contributed by atoms with Crippen molar-refractivity contribution in [1.29, 1.82) is 0 Å². The van der Waals surface area contributed by atoms with Gasteiger partial charge in [0.25, 0.3) is 0 Å². The Hall–Kier alpha value is -3.85. The van der Waals surface area contributed by atoms with Gasteiger partial charge in [-0.15, -0.1) is 11.3 Å². The van der Waals surface area contributed by atoms with Crippen molar-refractivity contribution in [1.82, 2.24) is 9.80 Å². The average molecular weight is 631 g/mol. The molecule has 45 heavy (non-hydrogen) atoms. The minimum atomic E-state index is -0.981. The number of carbonyl (C=O) groups excluding carboxylic acids is 2. The summed E-state index contributed by atoms with van der Waals surface area (Å²) in [4.78, 5) is 44.0. The molecule has 0 radical (unpaired) electrons. The molecule has 2 aromatic carbocycles. The number of benzene rings is 2. The largest absolute Gasteiger partial charge is 0.477 e. The summed E-state index contributed by atoms with van der Waals surface area (Å²) < 4.78 is 12.0. The van der Waals surface area contributed by atoms with Crippen LogP contribution in [0.2, 0.25) is 0 Å². The molecule has 1 N–H and O–H groups in total. The lowest BCUT2D eigenvalue weighted by atomic mass is 9.73. The summed E-state index contributed by atoms with van der Waals surface area (Å²) in [5.41, 5.74) is 3.63. The van der Waals surface area contributed by atoms with E-state index in [0.717, 1.165) is 48.1 Å². The Bertz CT molecular complexity index is 1520. The van der Waals surface area contributed by atoms with Crippen molar-refractivity contribution in [3.63, 3.8) is 0 Å². The summed E-state index contributed by atoms with van der Waals surface area (Å²) in [5, 5.41) is 9.54. The molecule has 3 aromatic rings. The Morgan fingerprint density at radius 2 is 1.60 bits per heavy atom. The van der Waals surface area contributed by atoms with E-state index in [1.54, 1.807) is 17.0 Å². The number of hydrogen-bond donors (Lipinski definition) is 1. The molecule has 238 valence electrons. The first-order valence-electron chi connectivity index (χ1n) is 16.0. The van der Waals surface area contributed by atoms with Crippen LogP contribution in [0.4, 0.5) is 9.59 Å². The molecule has 2 amide bonds. The summed E-state index contributed by atoms with van der Waals surface area (Å²) in [7, 11) is 0. The highest BCUT2D eigenvalue weighted by molar-refractivity contribution is 7.13. The number of hydrogen-bond acceptors (Lipinski definition) is 6. The van der Waals surface area contributed by atoms with Gasteiger partial charge in [0, 0.05) is 28.9 Å². The van der Waals surface area contributed by atoms with Gasteiger partial charge < -0.3 is 19.5 Å². The molecular formula is C36H42N2O6S. The van der Waals surface area contributed by atoms with Crippen LogP contribution in [0.25, 0.3) is 11.1 Å². The molecule has 0 bridgehead atoms. The van der Waals surface area contributed by atoms with Gasteiger partial charge in [0.1, 0.15) is 17.1 Å². The van der Waals surface area contributed by atoms with Gasteiger partial charge in [-0.25, -0.2) is 14.4 Å². The van der Waals surface area contributed by atoms with Crippen LogP contribution in [0.1, 0.15) is 97.3 Å². The Morgan fingerprint density at radius 1 is 0.956 bits per heavy atom. The lowest BCUT2D eigenvalue weighted by Gasteiger charge is -2.53.